The third-order valence-corrected chi connectivity index (χ3v) is 5.69. The van der Waals surface area contributed by atoms with Crippen molar-refractivity contribution < 1.29 is 9.18 Å². The summed E-state index contributed by atoms with van der Waals surface area (Å²) in [6, 6.07) is 16.4. The number of hydrogen-bond acceptors (Lipinski definition) is 4. The minimum absolute atomic E-state index is 0.149. The maximum Gasteiger partial charge on any atom is 0.280 e. The van der Waals surface area contributed by atoms with E-state index in [-0.39, 0.29) is 17.5 Å². The molecule has 0 atom stereocenters. The number of benzene rings is 2. The molecule has 5 nitrogen and oxygen atoms in total. The van der Waals surface area contributed by atoms with Gasteiger partial charge in [-0.25, -0.2) is 9.37 Å². The summed E-state index contributed by atoms with van der Waals surface area (Å²) in [5, 5.41) is 4.95. The zero-order valence-corrected chi connectivity index (χ0v) is 17.3. The van der Waals surface area contributed by atoms with Crippen LogP contribution in [-0.4, -0.2) is 20.7 Å². The molecule has 0 unspecified atom stereocenters. The molecule has 1 amide bonds. The van der Waals surface area contributed by atoms with E-state index in [1.165, 1.54) is 17.4 Å². The van der Waals surface area contributed by atoms with Crippen LogP contribution < -0.4 is 4.90 Å². The van der Waals surface area contributed by atoms with Crippen molar-refractivity contribution >= 4 is 32.6 Å². The van der Waals surface area contributed by atoms with Gasteiger partial charge in [0.15, 0.2) is 10.8 Å². The number of aromatic nitrogens is 3. The second kappa shape index (κ2) is 7.75. The molecule has 0 spiro atoms. The highest BCUT2D eigenvalue weighted by Gasteiger charge is 2.25. The number of halogens is 1. The summed E-state index contributed by atoms with van der Waals surface area (Å²) in [5.41, 5.74) is 2.51. The first-order chi connectivity index (χ1) is 13.9. The Balaban J connectivity index is 1.78. The highest BCUT2D eigenvalue weighted by Crippen LogP contribution is 2.32. The van der Waals surface area contributed by atoms with Crippen LogP contribution in [0.3, 0.4) is 0 Å². The Morgan fingerprint density at radius 2 is 1.93 bits per heavy atom. The molecule has 0 N–H and O–H groups in total. The van der Waals surface area contributed by atoms with Crippen molar-refractivity contribution in [1.82, 2.24) is 14.8 Å². The van der Waals surface area contributed by atoms with Crippen LogP contribution in [0.1, 0.15) is 41.6 Å². The number of nitrogens with zero attached hydrogens (tertiary/aromatic N) is 4. The van der Waals surface area contributed by atoms with Crippen LogP contribution in [0.4, 0.5) is 9.52 Å². The number of thiazole rings is 1. The second-order valence-corrected chi connectivity index (χ2v) is 8.18. The van der Waals surface area contributed by atoms with Gasteiger partial charge in [0.05, 0.1) is 11.2 Å². The van der Waals surface area contributed by atoms with Gasteiger partial charge in [0.25, 0.3) is 5.91 Å². The van der Waals surface area contributed by atoms with Crippen molar-refractivity contribution in [3.63, 3.8) is 0 Å². The van der Waals surface area contributed by atoms with Gasteiger partial charge >= 0.3 is 0 Å². The summed E-state index contributed by atoms with van der Waals surface area (Å²) in [7, 11) is 0. The summed E-state index contributed by atoms with van der Waals surface area (Å²) >= 11 is 1.30. The molecule has 2 heterocycles. The molecule has 2 aromatic carbocycles. The van der Waals surface area contributed by atoms with E-state index in [1.807, 2.05) is 61.9 Å². The maximum absolute atomic E-state index is 14.2. The molecular formula is C22H21FN4OS. The number of fused-ring (bicyclic) bond motifs is 1. The van der Waals surface area contributed by atoms with Gasteiger partial charge < -0.3 is 0 Å². The quantitative estimate of drug-likeness (QED) is 0.446. The van der Waals surface area contributed by atoms with Gasteiger partial charge in [-0.15, -0.1) is 0 Å². The minimum Gasteiger partial charge on any atom is -0.278 e. The lowest BCUT2D eigenvalue weighted by molar-refractivity contribution is 0.0979. The standard InChI is InChI=1S/C22H21FN4OS/c1-14(2)27-15(3)12-18(25-27)21(28)26(13-16-8-5-4-6-9-16)22-24-20-17(23)10-7-11-19(20)29-22/h4-12,14H,13H2,1-3H3. The summed E-state index contributed by atoms with van der Waals surface area (Å²) in [6.07, 6.45) is 0. The third kappa shape index (κ3) is 3.78. The van der Waals surface area contributed by atoms with Crippen LogP contribution in [0.5, 0.6) is 0 Å². The highest BCUT2D eigenvalue weighted by molar-refractivity contribution is 7.22. The highest BCUT2D eigenvalue weighted by atomic mass is 32.1. The van der Waals surface area contributed by atoms with Crippen molar-refractivity contribution in [2.45, 2.75) is 33.4 Å². The molecule has 7 heteroatoms. The van der Waals surface area contributed by atoms with Crippen LogP contribution in [-0.2, 0) is 6.54 Å². The van der Waals surface area contributed by atoms with Crippen LogP contribution in [0.25, 0.3) is 10.2 Å². The minimum atomic E-state index is -0.392. The molecule has 29 heavy (non-hydrogen) atoms. The largest absolute Gasteiger partial charge is 0.280 e. The first-order valence-electron chi connectivity index (χ1n) is 9.41. The second-order valence-electron chi connectivity index (χ2n) is 7.17. The van der Waals surface area contributed by atoms with Crippen molar-refractivity contribution in [1.29, 1.82) is 0 Å². The number of amides is 1. The Hall–Kier alpha value is -3.06. The summed E-state index contributed by atoms with van der Waals surface area (Å²) < 4.78 is 16.7. The molecule has 2 aromatic heterocycles. The van der Waals surface area contributed by atoms with E-state index in [4.69, 9.17) is 0 Å². The molecule has 0 fully saturated rings. The smallest absolute Gasteiger partial charge is 0.278 e. The predicted molar refractivity (Wildman–Crippen MR) is 114 cm³/mol. The Morgan fingerprint density at radius 3 is 2.59 bits per heavy atom. The first-order valence-corrected chi connectivity index (χ1v) is 10.2. The Morgan fingerprint density at radius 1 is 1.17 bits per heavy atom. The van der Waals surface area contributed by atoms with Gasteiger partial charge in [-0.3, -0.25) is 14.4 Å². The van der Waals surface area contributed by atoms with Crippen molar-refractivity contribution in [3.05, 3.63) is 77.4 Å². The molecule has 0 saturated carbocycles. The van der Waals surface area contributed by atoms with Gasteiger partial charge in [-0.2, -0.15) is 5.10 Å². The van der Waals surface area contributed by atoms with Gasteiger partial charge in [0, 0.05) is 11.7 Å². The lowest BCUT2D eigenvalue weighted by Crippen LogP contribution is -2.30. The molecule has 0 aliphatic carbocycles. The number of para-hydroxylation sites is 1. The van der Waals surface area contributed by atoms with E-state index in [9.17, 15) is 9.18 Å². The van der Waals surface area contributed by atoms with Gasteiger partial charge in [-0.1, -0.05) is 47.7 Å². The summed E-state index contributed by atoms with van der Waals surface area (Å²) in [5.74, 6) is -0.646. The van der Waals surface area contributed by atoms with E-state index in [0.717, 1.165) is 11.3 Å². The predicted octanol–water partition coefficient (Wildman–Crippen LogP) is 5.37. The van der Waals surface area contributed by atoms with Gasteiger partial charge in [-0.05, 0) is 44.5 Å². The molecule has 4 rings (SSSR count). The fraction of sp³-hybridized carbons (Fsp3) is 0.227. The fourth-order valence-electron chi connectivity index (χ4n) is 3.26. The molecule has 0 aliphatic heterocycles. The van der Waals surface area contributed by atoms with E-state index < -0.39 is 5.82 Å². The molecule has 0 bridgehead atoms. The van der Waals surface area contributed by atoms with Crippen LogP contribution >= 0.6 is 11.3 Å². The monoisotopic (exact) mass is 408 g/mol. The number of hydrogen-bond donors (Lipinski definition) is 0. The fourth-order valence-corrected chi connectivity index (χ4v) is 4.24. The zero-order valence-electron chi connectivity index (χ0n) is 16.5. The van der Waals surface area contributed by atoms with Gasteiger partial charge in [0.2, 0.25) is 0 Å². The van der Waals surface area contributed by atoms with Crippen molar-refractivity contribution in [2.75, 3.05) is 4.90 Å². The molecule has 0 saturated heterocycles. The Bertz CT molecular complexity index is 1170. The first kappa shape index (κ1) is 19.3. The number of carbonyl (C=O) groups excluding carboxylic acids is 1. The van der Waals surface area contributed by atoms with Crippen molar-refractivity contribution in [2.24, 2.45) is 0 Å². The molecule has 0 aliphatic rings. The molecular weight excluding hydrogens is 387 g/mol. The topological polar surface area (TPSA) is 51.0 Å². The van der Waals surface area contributed by atoms with Gasteiger partial charge in [0.1, 0.15) is 11.3 Å². The molecule has 4 aromatic rings. The van der Waals surface area contributed by atoms with Crippen LogP contribution in [0.2, 0.25) is 0 Å². The van der Waals surface area contributed by atoms with E-state index in [2.05, 4.69) is 10.1 Å². The Kier molecular flexibility index (Phi) is 5.15. The number of anilines is 1. The zero-order chi connectivity index (χ0) is 20.5. The number of rotatable bonds is 5. The lowest BCUT2D eigenvalue weighted by Gasteiger charge is -2.19. The number of carbonyl (C=O) groups is 1. The number of aryl methyl sites for hydroxylation is 1. The van der Waals surface area contributed by atoms with E-state index in [0.29, 0.717) is 22.1 Å². The average Bonchev–Trinajstić information content (AvgIpc) is 3.31. The maximum atomic E-state index is 14.2. The SMILES string of the molecule is Cc1cc(C(=O)N(Cc2ccccc2)c2nc3c(F)cccc3s2)nn1C(C)C. The van der Waals surface area contributed by atoms with E-state index in [1.54, 1.807) is 17.0 Å². The lowest BCUT2D eigenvalue weighted by atomic mass is 10.2. The van der Waals surface area contributed by atoms with E-state index >= 15 is 0 Å². The Labute approximate surface area is 172 Å². The normalized spacial score (nSPS) is 11.3. The van der Waals surface area contributed by atoms with Crippen LogP contribution in [0, 0.1) is 12.7 Å². The average molecular weight is 409 g/mol. The molecule has 148 valence electrons. The van der Waals surface area contributed by atoms with Crippen LogP contribution in [0.15, 0.2) is 54.6 Å². The third-order valence-electron chi connectivity index (χ3n) is 4.65. The summed E-state index contributed by atoms with van der Waals surface area (Å²) in [6.45, 7) is 6.30. The van der Waals surface area contributed by atoms with Crippen molar-refractivity contribution in [3.8, 4) is 0 Å². The molecule has 0 radical (unpaired) electrons. The summed E-state index contributed by atoms with van der Waals surface area (Å²) in [4.78, 5) is 19.4.